The summed E-state index contributed by atoms with van der Waals surface area (Å²) in [6.07, 6.45) is 5.59. The average Bonchev–Trinajstić information content (AvgIpc) is 2.71. The van der Waals surface area contributed by atoms with E-state index in [9.17, 15) is 14.9 Å². The Morgan fingerprint density at radius 2 is 2.28 bits per heavy atom. The highest BCUT2D eigenvalue weighted by atomic mass is 79.9. The number of halogens is 1. The van der Waals surface area contributed by atoms with Gasteiger partial charge in [-0.1, -0.05) is 0 Å². The first-order chi connectivity index (χ1) is 8.52. The molecule has 1 amide bonds. The molecule has 0 radical (unpaired) electrons. The van der Waals surface area contributed by atoms with Gasteiger partial charge in [0.2, 0.25) is 5.91 Å². The van der Waals surface area contributed by atoms with E-state index in [1.165, 1.54) is 11.0 Å². The van der Waals surface area contributed by atoms with Gasteiger partial charge in [-0.3, -0.25) is 14.9 Å². The fourth-order valence-corrected chi connectivity index (χ4v) is 2.27. The normalized spacial score (nSPS) is 18.8. The van der Waals surface area contributed by atoms with Gasteiger partial charge in [-0.25, -0.2) is 0 Å². The van der Waals surface area contributed by atoms with Crippen LogP contribution in [0.25, 0.3) is 0 Å². The molecule has 0 aliphatic carbocycles. The molecule has 0 saturated carbocycles. The van der Waals surface area contributed by atoms with Crippen LogP contribution >= 0.6 is 15.9 Å². The molecule has 1 aliphatic heterocycles. The standard InChI is InChI=1S/C12H9BrN2O3/c1-2-8-5-12(16)14(7-8)9-3-4-10(13)11(6-9)15(17)18/h1,3-4,6,8H,5,7H2. The molecule has 0 bridgehead atoms. The number of nitrogens with zero attached hydrogens (tertiary/aromatic N) is 2. The number of anilines is 1. The Hall–Kier alpha value is -1.87. The quantitative estimate of drug-likeness (QED) is 0.478. The summed E-state index contributed by atoms with van der Waals surface area (Å²) in [4.78, 5) is 23.6. The number of amides is 1. The molecule has 5 nitrogen and oxygen atoms in total. The molecule has 2 rings (SSSR count). The summed E-state index contributed by atoms with van der Waals surface area (Å²) in [6, 6.07) is 4.60. The fourth-order valence-electron chi connectivity index (χ4n) is 1.88. The van der Waals surface area contributed by atoms with Crippen molar-refractivity contribution in [1.82, 2.24) is 0 Å². The number of hydrogen-bond acceptors (Lipinski definition) is 3. The zero-order valence-corrected chi connectivity index (χ0v) is 10.9. The minimum absolute atomic E-state index is 0.0653. The minimum atomic E-state index is -0.493. The van der Waals surface area contributed by atoms with Crippen molar-refractivity contribution in [3.8, 4) is 12.3 Å². The van der Waals surface area contributed by atoms with E-state index in [0.717, 1.165) is 0 Å². The van der Waals surface area contributed by atoms with Crippen LogP contribution in [-0.2, 0) is 4.79 Å². The predicted octanol–water partition coefficient (Wildman–Crippen LogP) is 2.34. The van der Waals surface area contributed by atoms with Crippen molar-refractivity contribution >= 4 is 33.2 Å². The van der Waals surface area contributed by atoms with Crippen LogP contribution in [-0.4, -0.2) is 17.4 Å². The highest BCUT2D eigenvalue weighted by molar-refractivity contribution is 9.10. The van der Waals surface area contributed by atoms with Gasteiger partial charge in [-0.2, -0.15) is 0 Å². The van der Waals surface area contributed by atoms with Gasteiger partial charge in [0.15, 0.2) is 0 Å². The largest absolute Gasteiger partial charge is 0.311 e. The summed E-state index contributed by atoms with van der Waals surface area (Å²) in [5.74, 6) is 2.31. The summed E-state index contributed by atoms with van der Waals surface area (Å²) < 4.78 is 0.386. The molecule has 1 unspecified atom stereocenters. The number of nitro benzene ring substituents is 1. The van der Waals surface area contributed by atoms with Crippen LogP contribution in [0.2, 0.25) is 0 Å². The van der Waals surface area contributed by atoms with Gasteiger partial charge >= 0.3 is 0 Å². The maximum atomic E-state index is 11.8. The minimum Gasteiger partial charge on any atom is -0.311 e. The van der Waals surface area contributed by atoms with Crippen LogP contribution in [0.15, 0.2) is 22.7 Å². The second-order valence-electron chi connectivity index (χ2n) is 3.96. The molecule has 1 heterocycles. The molecular weight excluding hydrogens is 300 g/mol. The first kappa shape index (κ1) is 12.6. The van der Waals surface area contributed by atoms with Crippen molar-refractivity contribution in [3.05, 3.63) is 32.8 Å². The molecule has 1 atom stereocenters. The molecule has 1 aromatic rings. The average molecular weight is 309 g/mol. The lowest BCUT2D eigenvalue weighted by Crippen LogP contribution is -2.24. The van der Waals surface area contributed by atoms with Crippen LogP contribution in [0.3, 0.4) is 0 Å². The Morgan fingerprint density at radius 3 is 2.83 bits per heavy atom. The van der Waals surface area contributed by atoms with Crippen LogP contribution in [0.1, 0.15) is 6.42 Å². The summed E-state index contributed by atoms with van der Waals surface area (Å²) in [5.41, 5.74) is 0.442. The lowest BCUT2D eigenvalue weighted by atomic mass is 10.1. The molecule has 1 aliphatic rings. The van der Waals surface area contributed by atoms with Crippen LogP contribution in [0.5, 0.6) is 0 Å². The zero-order chi connectivity index (χ0) is 13.3. The number of nitro groups is 1. The summed E-state index contributed by atoms with van der Waals surface area (Å²) >= 11 is 3.10. The van der Waals surface area contributed by atoms with Gasteiger partial charge in [0, 0.05) is 24.9 Å². The van der Waals surface area contributed by atoms with Gasteiger partial charge in [0.1, 0.15) is 0 Å². The molecular formula is C12H9BrN2O3. The second-order valence-corrected chi connectivity index (χ2v) is 4.82. The van der Waals surface area contributed by atoms with Gasteiger partial charge < -0.3 is 4.90 Å². The van der Waals surface area contributed by atoms with E-state index in [1.54, 1.807) is 12.1 Å². The number of terminal acetylenes is 1. The van der Waals surface area contributed by atoms with Crippen molar-refractivity contribution in [2.24, 2.45) is 5.92 Å². The lowest BCUT2D eigenvalue weighted by Gasteiger charge is -2.15. The molecule has 18 heavy (non-hydrogen) atoms. The molecule has 6 heteroatoms. The first-order valence-electron chi connectivity index (χ1n) is 5.23. The van der Waals surface area contributed by atoms with Crippen molar-refractivity contribution in [1.29, 1.82) is 0 Å². The smallest absolute Gasteiger partial charge is 0.285 e. The topological polar surface area (TPSA) is 63.5 Å². The monoisotopic (exact) mass is 308 g/mol. The second kappa shape index (κ2) is 4.78. The third kappa shape index (κ3) is 2.22. The zero-order valence-electron chi connectivity index (χ0n) is 9.30. The molecule has 0 N–H and O–H groups in total. The van der Waals surface area contributed by atoms with Gasteiger partial charge in [-0.05, 0) is 28.1 Å². The van der Waals surface area contributed by atoms with Gasteiger partial charge in [0.05, 0.1) is 15.1 Å². The molecule has 0 aromatic heterocycles. The Balaban J connectivity index is 2.35. The van der Waals surface area contributed by atoms with E-state index in [0.29, 0.717) is 23.1 Å². The summed E-state index contributed by atoms with van der Waals surface area (Å²) in [6.45, 7) is 0.411. The fraction of sp³-hybridized carbons (Fsp3) is 0.250. The first-order valence-corrected chi connectivity index (χ1v) is 6.02. The van der Waals surface area contributed by atoms with Gasteiger partial charge in [0.25, 0.3) is 5.69 Å². The van der Waals surface area contributed by atoms with E-state index < -0.39 is 4.92 Å². The predicted molar refractivity (Wildman–Crippen MR) is 70.1 cm³/mol. The summed E-state index contributed by atoms with van der Waals surface area (Å²) in [7, 11) is 0. The number of rotatable bonds is 2. The molecule has 0 spiro atoms. The molecule has 92 valence electrons. The maximum Gasteiger partial charge on any atom is 0.285 e. The van der Waals surface area contributed by atoms with E-state index in [1.807, 2.05) is 0 Å². The number of hydrogen-bond donors (Lipinski definition) is 0. The number of carbonyl (C=O) groups excluding carboxylic acids is 1. The lowest BCUT2D eigenvalue weighted by molar-refractivity contribution is -0.385. The van der Waals surface area contributed by atoms with Crippen molar-refractivity contribution < 1.29 is 9.72 Å². The Morgan fingerprint density at radius 1 is 1.56 bits per heavy atom. The molecule has 1 saturated heterocycles. The molecule has 1 fully saturated rings. The van der Waals surface area contributed by atoms with Gasteiger partial charge in [-0.15, -0.1) is 12.3 Å². The van der Waals surface area contributed by atoms with E-state index in [2.05, 4.69) is 21.9 Å². The van der Waals surface area contributed by atoms with Crippen LogP contribution in [0.4, 0.5) is 11.4 Å². The van der Waals surface area contributed by atoms with Crippen molar-refractivity contribution in [2.45, 2.75) is 6.42 Å². The third-order valence-corrected chi connectivity index (χ3v) is 3.47. The Bertz CT molecular complexity index is 565. The number of carbonyl (C=O) groups is 1. The van der Waals surface area contributed by atoms with Crippen molar-refractivity contribution in [3.63, 3.8) is 0 Å². The SMILES string of the molecule is C#CC1CC(=O)N(c2ccc(Br)c([N+](=O)[O-])c2)C1. The van der Waals surface area contributed by atoms with Crippen LogP contribution < -0.4 is 4.90 Å². The highest BCUT2D eigenvalue weighted by Gasteiger charge is 2.30. The maximum absolute atomic E-state index is 11.8. The highest BCUT2D eigenvalue weighted by Crippen LogP contribution is 2.32. The summed E-state index contributed by atoms with van der Waals surface area (Å²) in [5, 5.41) is 10.8. The molecule has 1 aromatic carbocycles. The number of benzene rings is 1. The Kier molecular flexibility index (Phi) is 3.34. The van der Waals surface area contributed by atoms with Crippen molar-refractivity contribution in [2.75, 3.05) is 11.4 Å². The van der Waals surface area contributed by atoms with E-state index in [-0.39, 0.29) is 17.5 Å². The Labute approximate surface area is 112 Å². The van der Waals surface area contributed by atoms with Crippen LogP contribution in [0, 0.1) is 28.4 Å². The third-order valence-electron chi connectivity index (χ3n) is 2.80. The van der Waals surface area contributed by atoms with E-state index >= 15 is 0 Å². The van der Waals surface area contributed by atoms with E-state index in [4.69, 9.17) is 6.42 Å².